The molecular formula is C15H12N4O2. The summed E-state index contributed by atoms with van der Waals surface area (Å²) < 4.78 is 0. The van der Waals surface area contributed by atoms with Gasteiger partial charge in [-0.15, -0.1) is 0 Å². The Balaban J connectivity index is 1.83. The van der Waals surface area contributed by atoms with Crippen LogP contribution >= 0.6 is 0 Å². The Labute approximate surface area is 120 Å². The van der Waals surface area contributed by atoms with Gasteiger partial charge in [-0.2, -0.15) is 5.10 Å². The van der Waals surface area contributed by atoms with Crippen molar-refractivity contribution in [1.29, 1.82) is 0 Å². The first kappa shape index (κ1) is 12.9. The van der Waals surface area contributed by atoms with Gasteiger partial charge in [-0.05, 0) is 12.1 Å². The van der Waals surface area contributed by atoms with Gasteiger partial charge >= 0.3 is 0 Å². The third kappa shape index (κ3) is 2.59. The molecule has 1 aromatic heterocycles. The number of rotatable bonds is 4. The minimum atomic E-state index is -0.441. The van der Waals surface area contributed by atoms with Crippen molar-refractivity contribution in [3.63, 3.8) is 0 Å². The Morgan fingerprint density at radius 1 is 1.14 bits per heavy atom. The molecule has 6 heteroatoms. The second-order valence-corrected chi connectivity index (χ2v) is 4.43. The number of hydrogen-bond acceptors (Lipinski definition) is 4. The predicted octanol–water partition coefficient (Wildman–Crippen LogP) is 3.52. The second-order valence-electron chi connectivity index (χ2n) is 4.43. The summed E-state index contributed by atoms with van der Waals surface area (Å²) in [6.45, 7) is 0. The van der Waals surface area contributed by atoms with Gasteiger partial charge in [-0.25, -0.2) is 0 Å². The van der Waals surface area contributed by atoms with E-state index in [-0.39, 0.29) is 5.69 Å². The van der Waals surface area contributed by atoms with Crippen molar-refractivity contribution < 1.29 is 4.92 Å². The molecule has 0 bridgehead atoms. The van der Waals surface area contributed by atoms with Crippen LogP contribution in [0, 0.1) is 10.1 Å². The molecule has 0 unspecified atom stereocenters. The molecule has 3 rings (SSSR count). The van der Waals surface area contributed by atoms with E-state index < -0.39 is 4.92 Å². The minimum Gasteiger partial charge on any atom is -0.361 e. The predicted molar refractivity (Wildman–Crippen MR) is 82.6 cm³/mol. The number of hydrazone groups is 1. The molecule has 6 nitrogen and oxygen atoms in total. The van der Waals surface area contributed by atoms with E-state index in [1.807, 2.05) is 30.5 Å². The number of H-pyrrole nitrogens is 1. The van der Waals surface area contributed by atoms with Crippen molar-refractivity contribution >= 4 is 28.5 Å². The lowest BCUT2D eigenvalue weighted by Gasteiger charge is -2.00. The standard InChI is InChI=1S/C15H12N4O2/c20-19(21)15-8-4-3-7-14(15)18-17-10-11-9-16-13-6-2-1-5-12(11)13/h1-10,16,18H/b17-10-. The average molecular weight is 280 g/mol. The fourth-order valence-corrected chi connectivity index (χ4v) is 2.10. The topological polar surface area (TPSA) is 83.3 Å². The van der Waals surface area contributed by atoms with Crippen LogP contribution in [0.4, 0.5) is 11.4 Å². The Hall–Kier alpha value is -3.15. The lowest BCUT2D eigenvalue weighted by Crippen LogP contribution is -1.96. The summed E-state index contributed by atoms with van der Waals surface area (Å²) in [5.41, 5.74) is 5.00. The summed E-state index contributed by atoms with van der Waals surface area (Å²) in [4.78, 5) is 13.6. The fourth-order valence-electron chi connectivity index (χ4n) is 2.10. The summed E-state index contributed by atoms with van der Waals surface area (Å²) in [5, 5.41) is 16.0. The molecule has 0 aliphatic carbocycles. The Kier molecular flexibility index (Phi) is 3.34. The molecule has 0 saturated heterocycles. The van der Waals surface area contributed by atoms with Crippen molar-refractivity contribution in [2.75, 3.05) is 5.43 Å². The highest BCUT2D eigenvalue weighted by molar-refractivity contribution is 5.99. The Bertz CT molecular complexity index is 823. The van der Waals surface area contributed by atoms with Gasteiger partial charge in [-0.3, -0.25) is 15.5 Å². The Morgan fingerprint density at radius 2 is 1.90 bits per heavy atom. The van der Waals surface area contributed by atoms with Crippen molar-refractivity contribution in [2.45, 2.75) is 0 Å². The maximum absolute atomic E-state index is 10.9. The quantitative estimate of drug-likeness (QED) is 0.435. The van der Waals surface area contributed by atoms with Crippen LogP contribution in [0.2, 0.25) is 0 Å². The van der Waals surface area contributed by atoms with E-state index in [2.05, 4.69) is 15.5 Å². The van der Waals surface area contributed by atoms with E-state index in [1.54, 1.807) is 24.4 Å². The maximum Gasteiger partial charge on any atom is 0.294 e. The van der Waals surface area contributed by atoms with Gasteiger partial charge in [0.2, 0.25) is 0 Å². The van der Waals surface area contributed by atoms with Crippen LogP contribution in [0.15, 0.2) is 59.8 Å². The molecule has 3 aromatic rings. The van der Waals surface area contributed by atoms with Crippen LogP contribution in [0.25, 0.3) is 10.9 Å². The van der Waals surface area contributed by atoms with Gasteiger partial charge in [0, 0.05) is 28.7 Å². The van der Waals surface area contributed by atoms with Crippen LogP contribution < -0.4 is 5.43 Å². The van der Waals surface area contributed by atoms with Crippen LogP contribution in [-0.2, 0) is 0 Å². The SMILES string of the molecule is O=[N+]([O-])c1ccccc1N/N=C\c1c[nH]c2ccccc12. The first-order valence-electron chi connectivity index (χ1n) is 6.34. The zero-order valence-corrected chi connectivity index (χ0v) is 11.0. The normalized spacial score (nSPS) is 11.0. The van der Waals surface area contributed by atoms with E-state index in [4.69, 9.17) is 0 Å². The number of aromatic nitrogens is 1. The number of benzene rings is 2. The first-order valence-corrected chi connectivity index (χ1v) is 6.34. The third-order valence-electron chi connectivity index (χ3n) is 3.11. The zero-order chi connectivity index (χ0) is 14.7. The summed E-state index contributed by atoms with van der Waals surface area (Å²) in [6, 6.07) is 14.2. The summed E-state index contributed by atoms with van der Waals surface area (Å²) in [7, 11) is 0. The summed E-state index contributed by atoms with van der Waals surface area (Å²) in [5.74, 6) is 0. The molecule has 0 amide bonds. The van der Waals surface area contributed by atoms with Crippen molar-refractivity contribution in [3.05, 3.63) is 70.4 Å². The highest BCUT2D eigenvalue weighted by Crippen LogP contribution is 2.23. The van der Waals surface area contributed by atoms with Crippen LogP contribution in [0.5, 0.6) is 0 Å². The summed E-state index contributed by atoms with van der Waals surface area (Å²) in [6.07, 6.45) is 3.48. The number of para-hydroxylation sites is 3. The van der Waals surface area contributed by atoms with Gasteiger partial charge < -0.3 is 4.98 Å². The largest absolute Gasteiger partial charge is 0.361 e. The third-order valence-corrected chi connectivity index (χ3v) is 3.11. The van der Waals surface area contributed by atoms with Crippen molar-refractivity contribution in [2.24, 2.45) is 5.10 Å². The van der Waals surface area contributed by atoms with Gasteiger partial charge in [0.05, 0.1) is 11.1 Å². The number of fused-ring (bicyclic) bond motifs is 1. The van der Waals surface area contributed by atoms with E-state index in [1.165, 1.54) is 6.07 Å². The van der Waals surface area contributed by atoms with E-state index >= 15 is 0 Å². The summed E-state index contributed by atoms with van der Waals surface area (Å²) >= 11 is 0. The number of nitrogens with one attached hydrogen (secondary N) is 2. The number of nitro groups is 1. The lowest BCUT2D eigenvalue weighted by atomic mass is 10.2. The van der Waals surface area contributed by atoms with E-state index in [9.17, 15) is 10.1 Å². The second kappa shape index (κ2) is 5.46. The van der Waals surface area contributed by atoms with E-state index in [0.29, 0.717) is 5.69 Å². The zero-order valence-electron chi connectivity index (χ0n) is 11.0. The number of aromatic amines is 1. The van der Waals surface area contributed by atoms with Gasteiger partial charge in [-0.1, -0.05) is 30.3 Å². The number of anilines is 1. The first-order chi connectivity index (χ1) is 10.3. The van der Waals surface area contributed by atoms with Gasteiger partial charge in [0.15, 0.2) is 0 Å². The molecule has 0 atom stereocenters. The number of nitro benzene ring substituents is 1. The fraction of sp³-hybridized carbons (Fsp3) is 0. The number of hydrogen-bond donors (Lipinski definition) is 2. The molecule has 0 radical (unpaired) electrons. The molecule has 104 valence electrons. The minimum absolute atomic E-state index is 0.00595. The van der Waals surface area contributed by atoms with Crippen LogP contribution in [0.1, 0.15) is 5.56 Å². The van der Waals surface area contributed by atoms with E-state index in [0.717, 1.165) is 16.5 Å². The molecule has 0 aliphatic heterocycles. The van der Waals surface area contributed by atoms with Gasteiger partial charge in [0.1, 0.15) is 5.69 Å². The Morgan fingerprint density at radius 3 is 2.76 bits per heavy atom. The van der Waals surface area contributed by atoms with Crippen LogP contribution in [0.3, 0.4) is 0 Å². The average Bonchev–Trinajstić information content (AvgIpc) is 2.91. The molecular weight excluding hydrogens is 268 g/mol. The molecule has 21 heavy (non-hydrogen) atoms. The highest BCUT2D eigenvalue weighted by Gasteiger charge is 2.11. The highest BCUT2D eigenvalue weighted by atomic mass is 16.6. The molecule has 2 N–H and O–H groups in total. The molecule has 2 aromatic carbocycles. The van der Waals surface area contributed by atoms with Crippen LogP contribution in [-0.4, -0.2) is 16.1 Å². The smallest absolute Gasteiger partial charge is 0.294 e. The molecule has 0 saturated carbocycles. The van der Waals surface area contributed by atoms with Gasteiger partial charge in [0.25, 0.3) is 5.69 Å². The molecule has 0 fully saturated rings. The monoisotopic (exact) mass is 280 g/mol. The number of nitrogens with zero attached hydrogens (tertiary/aromatic N) is 2. The van der Waals surface area contributed by atoms with Crippen molar-refractivity contribution in [1.82, 2.24) is 4.98 Å². The lowest BCUT2D eigenvalue weighted by molar-refractivity contribution is -0.384. The van der Waals surface area contributed by atoms with Crippen molar-refractivity contribution in [3.8, 4) is 0 Å². The molecule has 1 heterocycles. The maximum atomic E-state index is 10.9. The molecule has 0 spiro atoms. The molecule has 0 aliphatic rings.